The Balaban J connectivity index is 1.99. The number of hydrogen-bond donors (Lipinski definition) is 1. The monoisotopic (exact) mass is 275 g/mol. The van der Waals surface area contributed by atoms with E-state index in [1.165, 1.54) is 7.11 Å². The van der Waals surface area contributed by atoms with Crippen LogP contribution in [0.3, 0.4) is 0 Å². The molecule has 0 fully saturated rings. The average Bonchev–Trinajstić information content (AvgIpc) is 2.49. The molecule has 0 radical (unpaired) electrons. The van der Waals surface area contributed by atoms with E-state index in [1.54, 1.807) is 25.3 Å². The Kier molecular flexibility index (Phi) is 4.96. The first-order valence-corrected chi connectivity index (χ1v) is 6.40. The summed E-state index contributed by atoms with van der Waals surface area (Å²) in [6.07, 6.45) is 0. The van der Waals surface area contributed by atoms with Crippen molar-refractivity contribution < 1.29 is 13.9 Å². The largest absolute Gasteiger partial charge is 0.496 e. The Labute approximate surface area is 118 Å². The summed E-state index contributed by atoms with van der Waals surface area (Å²) in [5, 5.41) is 3.21. The molecule has 0 saturated heterocycles. The molecule has 106 valence electrons. The van der Waals surface area contributed by atoms with Gasteiger partial charge in [-0.2, -0.15) is 0 Å². The van der Waals surface area contributed by atoms with Gasteiger partial charge in [-0.3, -0.25) is 0 Å². The zero-order valence-corrected chi connectivity index (χ0v) is 11.7. The standard InChI is InChI=1S/C16H18FNO2/c1-19-14-8-4-3-6-12(14)10-18-11-13-7-5-9-15(20-2)16(13)17/h3-9,18H,10-11H2,1-2H3. The smallest absolute Gasteiger partial charge is 0.169 e. The fourth-order valence-corrected chi connectivity index (χ4v) is 2.03. The Hall–Kier alpha value is -2.07. The average molecular weight is 275 g/mol. The number of halogens is 1. The number of para-hydroxylation sites is 1. The lowest BCUT2D eigenvalue weighted by atomic mass is 10.1. The van der Waals surface area contributed by atoms with Crippen molar-refractivity contribution >= 4 is 0 Å². The second-order valence-corrected chi connectivity index (χ2v) is 4.35. The Morgan fingerprint density at radius 3 is 2.20 bits per heavy atom. The van der Waals surface area contributed by atoms with E-state index in [1.807, 2.05) is 24.3 Å². The van der Waals surface area contributed by atoms with E-state index in [0.717, 1.165) is 11.3 Å². The van der Waals surface area contributed by atoms with Gasteiger partial charge in [0.1, 0.15) is 5.75 Å². The van der Waals surface area contributed by atoms with Gasteiger partial charge < -0.3 is 14.8 Å². The summed E-state index contributed by atoms with van der Waals surface area (Å²) >= 11 is 0. The highest BCUT2D eigenvalue weighted by Crippen LogP contribution is 2.20. The fourth-order valence-electron chi connectivity index (χ4n) is 2.03. The molecule has 0 aliphatic rings. The number of hydrogen-bond acceptors (Lipinski definition) is 3. The van der Waals surface area contributed by atoms with E-state index in [-0.39, 0.29) is 11.6 Å². The zero-order valence-electron chi connectivity index (χ0n) is 11.7. The highest BCUT2D eigenvalue weighted by Gasteiger charge is 2.08. The fraction of sp³-hybridized carbons (Fsp3) is 0.250. The lowest BCUT2D eigenvalue weighted by Gasteiger charge is -2.11. The lowest BCUT2D eigenvalue weighted by Crippen LogP contribution is -2.14. The third-order valence-corrected chi connectivity index (χ3v) is 3.09. The highest BCUT2D eigenvalue weighted by molar-refractivity contribution is 5.33. The second-order valence-electron chi connectivity index (χ2n) is 4.35. The van der Waals surface area contributed by atoms with Crippen LogP contribution in [-0.2, 0) is 13.1 Å². The summed E-state index contributed by atoms with van der Waals surface area (Å²) in [6, 6.07) is 12.9. The van der Waals surface area contributed by atoms with Gasteiger partial charge in [0.2, 0.25) is 0 Å². The molecule has 0 bridgehead atoms. The maximum absolute atomic E-state index is 14.0. The molecular formula is C16H18FNO2. The van der Waals surface area contributed by atoms with Crippen LogP contribution in [0, 0.1) is 5.82 Å². The van der Waals surface area contributed by atoms with Gasteiger partial charge in [-0.05, 0) is 12.1 Å². The molecule has 0 atom stereocenters. The van der Waals surface area contributed by atoms with Crippen LogP contribution in [0.25, 0.3) is 0 Å². The molecule has 0 aliphatic carbocycles. The van der Waals surface area contributed by atoms with Crippen molar-refractivity contribution in [2.45, 2.75) is 13.1 Å². The number of nitrogens with one attached hydrogen (secondary N) is 1. The Bertz CT molecular complexity index is 572. The molecule has 1 N–H and O–H groups in total. The SMILES string of the molecule is COc1ccccc1CNCc1cccc(OC)c1F. The highest BCUT2D eigenvalue weighted by atomic mass is 19.1. The van der Waals surface area contributed by atoms with Crippen LogP contribution in [-0.4, -0.2) is 14.2 Å². The maximum atomic E-state index is 14.0. The zero-order chi connectivity index (χ0) is 14.4. The van der Waals surface area contributed by atoms with Gasteiger partial charge in [-0.15, -0.1) is 0 Å². The van der Waals surface area contributed by atoms with Gasteiger partial charge in [-0.25, -0.2) is 4.39 Å². The van der Waals surface area contributed by atoms with E-state index in [9.17, 15) is 4.39 Å². The maximum Gasteiger partial charge on any atom is 0.169 e. The molecule has 4 heteroatoms. The lowest BCUT2D eigenvalue weighted by molar-refractivity contribution is 0.383. The van der Waals surface area contributed by atoms with Crippen molar-refractivity contribution in [2.24, 2.45) is 0 Å². The van der Waals surface area contributed by atoms with E-state index < -0.39 is 0 Å². The molecule has 2 aromatic rings. The van der Waals surface area contributed by atoms with Gasteiger partial charge in [0.15, 0.2) is 11.6 Å². The van der Waals surface area contributed by atoms with Crippen molar-refractivity contribution in [2.75, 3.05) is 14.2 Å². The van der Waals surface area contributed by atoms with Crippen molar-refractivity contribution in [3.8, 4) is 11.5 Å². The molecule has 0 aromatic heterocycles. The van der Waals surface area contributed by atoms with E-state index >= 15 is 0 Å². The van der Waals surface area contributed by atoms with Crippen LogP contribution in [0.4, 0.5) is 4.39 Å². The van der Waals surface area contributed by atoms with E-state index in [2.05, 4.69) is 5.32 Å². The minimum Gasteiger partial charge on any atom is -0.496 e. The van der Waals surface area contributed by atoms with Gasteiger partial charge in [0, 0.05) is 24.2 Å². The first kappa shape index (κ1) is 14.3. The van der Waals surface area contributed by atoms with Crippen molar-refractivity contribution in [3.05, 3.63) is 59.4 Å². The molecule has 0 aliphatic heterocycles. The number of rotatable bonds is 6. The third-order valence-electron chi connectivity index (χ3n) is 3.09. The summed E-state index contributed by atoms with van der Waals surface area (Å²) in [4.78, 5) is 0. The third kappa shape index (κ3) is 3.27. The van der Waals surface area contributed by atoms with E-state index in [0.29, 0.717) is 18.7 Å². The van der Waals surface area contributed by atoms with Gasteiger partial charge in [0.25, 0.3) is 0 Å². The summed E-state index contributed by atoms with van der Waals surface area (Å²) in [5.41, 5.74) is 1.62. The van der Waals surface area contributed by atoms with Crippen molar-refractivity contribution in [1.82, 2.24) is 5.32 Å². The molecule has 0 saturated carbocycles. The van der Waals surface area contributed by atoms with Crippen LogP contribution >= 0.6 is 0 Å². The van der Waals surface area contributed by atoms with Crippen LogP contribution in [0.15, 0.2) is 42.5 Å². The van der Waals surface area contributed by atoms with Crippen molar-refractivity contribution in [3.63, 3.8) is 0 Å². The molecule has 0 amide bonds. The first-order chi connectivity index (χ1) is 9.76. The second kappa shape index (κ2) is 6.91. The minimum absolute atomic E-state index is 0.265. The number of ether oxygens (including phenoxy) is 2. The van der Waals surface area contributed by atoms with Crippen LogP contribution in [0.1, 0.15) is 11.1 Å². The van der Waals surface area contributed by atoms with Gasteiger partial charge in [-0.1, -0.05) is 30.3 Å². The molecule has 0 spiro atoms. The molecule has 0 heterocycles. The number of methoxy groups -OCH3 is 2. The molecule has 2 rings (SSSR count). The quantitative estimate of drug-likeness (QED) is 0.878. The summed E-state index contributed by atoms with van der Waals surface area (Å²) < 4.78 is 24.2. The molecular weight excluding hydrogens is 257 g/mol. The van der Waals surface area contributed by atoms with E-state index in [4.69, 9.17) is 9.47 Å². The van der Waals surface area contributed by atoms with Crippen LogP contribution in [0.5, 0.6) is 11.5 Å². The predicted octanol–water partition coefficient (Wildman–Crippen LogP) is 3.13. The van der Waals surface area contributed by atoms with Gasteiger partial charge in [0.05, 0.1) is 14.2 Å². The molecule has 3 nitrogen and oxygen atoms in total. The Morgan fingerprint density at radius 2 is 1.45 bits per heavy atom. The molecule has 20 heavy (non-hydrogen) atoms. The molecule has 0 unspecified atom stereocenters. The normalized spacial score (nSPS) is 10.3. The summed E-state index contributed by atoms with van der Waals surface area (Å²) in [5.74, 6) is 0.773. The summed E-state index contributed by atoms with van der Waals surface area (Å²) in [7, 11) is 3.10. The van der Waals surface area contributed by atoms with Gasteiger partial charge >= 0.3 is 0 Å². The topological polar surface area (TPSA) is 30.5 Å². The van der Waals surface area contributed by atoms with Crippen molar-refractivity contribution in [1.29, 1.82) is 0 Å². The number of benzene rings is 2. The first-order valence-electron chi connectivity index (χ1n) is 6.40. The van der Waals surface area contributed by atoms with Crippen LogP contribution in [0.2, 0.25) is 0 Å². The minimum atomic E-state index is -0.317. The predicted molar refractivity (Wildman–Crippen MR) is 76.5 cm³/mol. The summed E-state index contributed by atoms with van der Waals surface area (Å²) in [6.45, 7) is 1.04. The van der Waals surface area contributed by atoms with Crippen LogP contribution < -0.4 is 14.8 Å². The molecule has 2 aromatic carbocycles. The Morgan fingerprint density at radius 1 is 0.850 bits per heavy atom.